The molecule has 1 aromatic heterocycles. The van der Waals surface area contributed by atoms with Gasteiger partial charge < -0.3 is 14.6 Å². The van der Waals surface area contributed by atoms with Crippen molar-refractivity contribution in [2.24, 2.45) is 7.05 Å². The summed E-state index contributed by atoms with van der Waals surface area (Å²) in [5.41, 5.74) is 0.928. The van der Waals surface area contributed by atoms with Crippen molar-refractivity contribution in [1.82, 2.24) is 14.6 Å². The summed E-state index contributed by atoms with van der Waals surface area (Å²) in [6, 6.07) is 1.48. The van der Waals surface area contributed by atoms with Crippen LogP contribution in [0.1, 0.15) is 25.5 Å². The van der Waals surface area contributed by atoms with Crippen LogP contribution in [0.5, 0.6) is 0 Å². The molecule has 2 atom stereocenters. The second-order valence-corrected chi connectivity index (χ2v) is 6.98. The van der Waals surface area contributed by atoms with E-state index in [0.717, 1.165) is 18.5 Å². The number of aryl methyl sites for hydroxylation is 1. The standard InChI is InChI=1S/C13H23N3O3S/c1-10(13-5-4-6-19-13)15-20(17,18)12-7-11(8-14-2)16(3)9-12/h7,9-10,13-15H,4-6,8H2,1-3H3. The number of ether oxygens (including phenoxy) is 1. The van der Waals surface area contributed by atoms with Crippen LogP contribution in [0.3, 0.4) is 0 Å². The van der Waals surface area contributed by atoms with Crippen molar-refractivity contribution < 1.29 is 13.2 Å². The van der Waals surface area contributed by atoms with Gasteiger partial charge in [-0.15, -0.1) is 0 Å². The normalized spacial score (nSPS) is 21.2. The number of nitrogens with zero attached hydrogens (tertiary/aromatic N) is 1. The molecular formula is C13H23N3O3S. The highest BCUT2D eigenvalue weighted by molar-refractivity contribution is 7.89. The van der Waals surface area contributed by atoms with E-state index in [4.69, 9.17) is 4.74 Å². The monoisotopic (exact) mass is 301 g/mol. The molecule has 2 unspecified atom stereocenters. The molecule has 20 heavy (non-hydrogen) atoms. The molecule has 6 nitrogen and oxygen atoms in total. The van der Waals surface area contributed by atoms with Crippen LogP contribution in [0.15, 0.2) is 17.2 Å². The van der Waals surface area contributed by atoms with E-state index in [1.54, 1.807) is 12.3 Å². The molecule has 0 radical (unpaired) electrons. The number of hydrogen-bond acceptors (Lipinski definition) is 4. The molecule has 0 spiro atoms. The Hall–Kier alpha value is -0.890. The van der Waals surface area contributed by atoms with Gasteiger partial charge in [0.05, 0.1) is 11.0 Å². The molecule has 2 N–H and O–H groups in total. The van der Waals surface area contributed by atoms with Gasteiger partial charge in [0.15, 0.2) is 0 Å². The summed E-state index contributed by atoms with van der Waals surface area (Å²) >= 11 is 0. The van der Waals surface area contributed by atoms with Crippen LogP contribution in [0.4, 0.5) is 0 Å². The summed E-state index contributed by atoms with van der Waals surface area (Å²) in [6.45, 7) is 3.20. The number of sulfonamides is 1. The molecule has 1 aromatic rings. The molecule has 2 rings (SSSR count). The summed E-state index contributed by atoms with van der Waals surface area (Å²) < 4.78 is 34.8. The Morgan fingerprint density at radius 1 is 1.55 bits per heavy atom. The quantitative estimate of drug-likeness (QED) is 0.807. The van der Waals surface area contributed by atoms with E-state index in [0.29, 0.717) is 18.0 Å². The highest BCUT2D eigenvalue weighted by atomic mass is 32.2. The first kappa shape index (κ1) is 15.5. The lowest BCUT2D eigenvalue weighted by atomic mass is 10.1. The minimum absolute atomic E-state index is 0.0229. The van der Waals surface area contributed by atoms with Gasteiger partial charge in [0.25, 0.3) is 0 Å². The summed E-state index contributed by atoms with van der Waals surface area (Å²) in [4.78, 5) is 0.301. The highest BCUT2D eigenvalue weighted by Crippen LogP contribution is 2.19. The fraction of sp³-hybridized carbons (Fsp3) is 0.692. The third-order valence-electron chi connectivity index (χ3n) is 3.61. The van der Waals surface area contributed by atoms with E-state index in [1.165, 1.54) is 0 Å². The van der Waals surface area contributed by atoms with Crippen LogP contribution in [-0.2, 0) is 28.4 Å². The van der Waals surface area contributed by atoms with E-state index in [1.807, 2.05) is 25.6 Å². The maximum atomic E-state index is 12.4. The van der Waals surface area contributed by atoms with E-state index in [9.17, 15) is 8.42 Å². The van der Waals surface area contributed by atoms with Gasteiger partial charge in [0, 0.05) is 38.1 Å². The van der Waals surface area contributed by atoms with Gasteiger partial charge in [-0.3, -0.25) is 0 Å². The first-order chi connectivity index (χ1) is 9.44. The third-order valence-corrected chi connectivity index (χ3v) is 5.14. The second-order valence-electron chi connectivity index (χ2n) is 5.27. The molecule has 1 aliphatic rings. The average molecular weight is 301 g/mol. The van der Waals surface area contributed by atoms with Crippen LogP contribution < -0.4 is 10.0 Å². The summed E-state index contributed by atoms with van der Waals surface area (Å²) in [6.07, 6.45) is 3.51. The van der Waals surface area contributed by atoms with Crippen LogP contribution in [0, 0.1) is 0 Å². The molecule has 1 fully saturated rings. The Morgan fingerprint density at radius 3 is 2.90 bits per heavy atom. The van der Waals surface area contributed by atoms with Gasteiger partial charge in [-0.2, -0.15) is 0 Å². The Balaban J connectivity index is 2.11. The summed E-state index contributed by atoms with van der Waals surface area (Å²) in [5.74, 6) is 0. The molecule has 114 valence electrons. The van der Waals surface area contributed by atoms with E-state index < -0.39 is 10.0 Å². The minimum Gasteiger partial charge on any atom is -0.377 e. The SMILES string of the molecule is CNCc1cc(S(=O)(=O)NC(C)C2CCCO2)cn1C. The van der Waals surface area contributed by atoms with Crippen molar-refractivity contribution in [2.45, 2.75) is 43.4 Å². The van der Waals surface area contributed by atoms with Crippen molar-refractivity contribution in [3.05, 3.63) is 18.0 Å². The Bertz CT molecular complexity index is 547. The molecule has 0 amide bonds. The zero-order valence-corrected chi connectivity index (χ0v) is 13.0. The van der Waals surface area contributed by atoms with Gasteiger partial charge in [-0.1, -0.05) is 0 Å². The Morgan fingerprint density at radius 2 is 2.30 bits per heavy atom. The molecule has 1 aliphatic heterocycles. The first-order valence-electron chi connectivity index (χ1n) is 6.88. The number of nitrogens with one attached hydrogen (secondary N) is 2. The largest absolute Gasteiger partial charge is 0.377 e. The van der Waals surface area contributed by atoms with Crippen molar-refractivity contribution in [1.29, 1.82) is 0 Å². The van der Waals surface area contributed by atoms with E-state index >= 15 is 0 Å². The Kier molecular flexibility index (Phi) is 4.85. The van der Waals surface area contributed by atoms with Gasteiger partial charge in [0.2, 0.25) is 10.0 Å². The van der Waals surface area contributed by atoms with Gasteiger partial charge in [0.1, 0.15) is 0 Å². The van der Waals surface area contributed by atoms with Crippen LogP contribution in [0.25, 0.3) is 0 Å². The lowest BCUT2D eigenvalue weighted by Gasteiger charge is -2.19. The Labute approximate surface area is 120 Å². The van der Waals surface area contributed by atoms with Crippen molar-refractivity contribution in [3.8, 4) is 0 Å². The topological polar surface area (TPSA) is 72.4 Å². The summed E-state index contributed by atoms with van der Waals surface area (Å²) in [7, 11) is 0.179. The maximum Gasteiger partial charge on any atom is 0.242 e. The molecule has 0 bridgehead atoms. The first-order valence-corrected chi connectivity index (χ1v) is 8.36. The van der Waals surface area contributed by atoms with Gasteiger partial charge >= 0.3 is 0 Å². The number of hydrogen-bond donors (Lipinski definition) is 2. The highest BCUT2D eigenvalue weighted by Gasteiger charge is 2.27. The molecular weight excluding hydrogens is 278 g/mol. The maximum absolute atomic E-state index is 12.4. The molecule has 1 saturated heterocycles. The fourth-order valence-corrected chi connectivity index (χ4v) is 3.83. The van der Waals surface area contributed by atoms with Crippen molar-refractivity contribution in [3.63, 3.8) is 0 Å². The molecule has 7 heteroatoms. The second kappa shape index (κ2) is 6.26. The van der Waals surface area contributed by atoms with Crippen molar-refractivity contribution >= 4 is 10.0 Å². The number of aromatic nitrogens is 1. The zero-order valence-electron chi connectivity index (χ0n) is 12.2. The molecule has 2 heterocycles. The van der Waals surface area contributed by atoms with Gasteiger partial charge in [-0.25, -0.2) is 13.1 Å². The lowest BCUT2D eigenvalue weighted by Crippen LogP contribution is -2.40. The smallest absolute Gasteiger partial charge is 0.242 e. The van der Waals surface area contributed by atoms with E-state index in [2.05, 4.69) is 10.0 Å². The predicted molar refractivity (Wildman–Crippen MR) is 76.9 cm³/mol. The summed E-state index contributed by atoms with van der Waals surface area (Å²) in [5, 5.41) is 3.02. The number of rotatable bonds is 6. The minimum atomic E-state index is -3.50. The lowest BCUT2D eigenvalue weighted by molar-refractivity contribution is 0.0902. The fourth-order valence-electron chi connectivity index (χ4n) is 2.47. The van der Waals surface area contributed by atoms with Crippen molar-refractivity contribution in [2.75, 3.05) is 13.7 Å². The molecule has 0 saturated carbocycles. The van der Waals surface area contributed by atoms with E-state index in [-0.39, 0.29) is 12.1 Å². The van der Waals surface area contributed by atoms with Gasteiger partial charge in [-0.05, 0) is 32.9 Å². The molecule has 0 aliphatic carbocycles. The predicted octanol–water partition coefficient (Wildman–Crippen LogP) is 0.590. The average Bonchev–Trinajstić information content (AvgIpc) is 3.00. The molecule has 0 aromatic carbocycles. The zero-order chi connectivity index (χ0) is 14.8. The van der Waals surface area contributed by atoms with Crippen LogP contribution in [-0.4, -0.2) is 38.8 Å². The van der Waals surface area contributed by atoms with Crippen LogP contribution in [0.2, 0.25) is 0 Å². The van der Waals surface area contributed by atoms with Crippen LogP contribution >= 0.6 is 0 Å². The third kappa shape index (κ3) is 3.41.